The zero-order chi connectivity index (χ0) is 34.7. The maximum atomic E-state index is 11.0. The molecule has 0 aromatic heterocycles. The van der Waals surface area contributed by atoms with Crippen LogP contribution in [-0.4, -0.2) is 10.2 Å². The van der Waals surface area contributed by atoms with Crippen LogP contribution in [0.2, 0.25) is 0 Å². The third-order valence-electron chi connectivity index (χ3n) is 21.2. The smallest absolute Gasteiger partial charge is 0.115 e. The summed E-state index contributed by atoms with van der Waals surface area (Å²) in [6.07, 6.45) is 13.9. The second-order valence-corrected chi connectivity index (χ2v) is 21.4. The molecule has 14 aliphatic rings. The van der Waals surface area contributed by atoms with E-state index in [9.17, 15) is 10.2 Å². The Bertz CT molecular complexity index is 2880. The van der Waals surface area contributed by atoms with Crippen LogP contribution in [0.5, 0.6) is 11.5 Å². The summed E-state index contributed by atoms with van der Waals surface area (Å²) in [5.41, 5.74) is 28.5. The van der Waals surface area contributed by atoms with Gasteiger partial charge in [-0.1, -0.05) is 24.3 Å². The van der Waals surface area contributed by atoms with Gasteiger partial charge in [0.15, 0.2) is 0 Å². The largest absolute Gasteiger partial charge is 0.508 e. The second kappa shape index (κ2) is 7.23. The topological polar surface area (TPSA) is 40.5 Å². The minimum Gasteiger partial charge on any atom is -0.508 e. The summed E-state index contributed by atoms with van der Waals surface area (Å²) in [4.78, 5) is 0. The standard InChI is InChI=1S/C53H40O2/c54-21-5-1-19(2-6-21)51(20-3-7-22(55)8-4-20)52-47-31-17-15-29-27-13-11-25-23-9-10-24-26-12-14-28-30-16-18-32(31)48(52)40(30)44-38(28)36(26)42-34(24)33(23)41-35(25)37(27)43(39(29)47)49-45(41)46(42)50(44)53(49,51)52/h1-8,23-32,54-55H,9-18H2. The van der Waals surface area contributed by atoms with Gasteiger partial charge in [0.2, 0.25) is 0 Å². The van der Waals surface area contributed by atoms with Gasteiger partial charge >= 0.3 is 0 Å². The second-order valence-electron chi connectivity index (χ2n) is 21.4. The molecule has 2 saturated carbocycles. The number of hydrogen-bond acceptors (Lipinski definition) is 2. The van der Waals surface area contributed by atoms with Crippen molar-refractivity contribution in [3.63, 3.8) is 0 Å². The molecule has 0 bridgehead atoms. The summed E-state index contributed by atoms with van der Waals surface area (Å²) in [5.74, 6) is 7.72. The Kier molecular flexibility index (Phi) is 3.49. The Morgan fingerprint density at radius 3 is 1.11 bits per heavy atom. The number of hydrogen-bond donors (Lipinski definition) is 2. The van der Waals surface area contributed by atoms with Gasteiger partial charge in [-0.2, -0.15) is 0 Å². The van der Waals surface area contributed by atoms with Crippen molar-refractivity contribution >= 4 is 32.7 Å². The lowest BCUT2D eigenvalue weighted by Crippen LogP contribution is -2.31. The number of benzene rings is 5. The number of phenols is 2. The summed E-state index contributed by atoms with van der Waals surface area (Å²) in [6.45, 7) is 0. The summed E-state index contributed by atoms with van der Waals surface area (Å²) < 4.78 is 0. The highest BCUT2D eigenvalue weighted by Gasteiger charge is 2.98. The van der Waals surface area contributed by atoms with Crippen LogP contribution in [0.3, 0.4) is 0 Å². The molecule has 0 heterocycles. The average Bonchev–Trinajstić information content (AvgIpc) is 3.84. The zero-order valence-corrected chi connectivity index (χ0v) is 30.9. The fourth-order valence-corrected chi connectivity index (χ4v) is 21.0. The Balaban J connectivity index is 1.17. The maximum Gasteiger partial charge on any atom is 0.115 e. The predicted molar refractivity (Wildman–Crippen MR) is 212 cm³/mol. The van der Waals surface area contributed by atoms with E-state index in [0.717, 1.165) is 23.7 Å². The third-order valence-corrected chi connectivity index (χ3v) is 21.2. The molecule has 264 valence electrons. The van der Waals surface area contributed by atoms with Gasteiger partial charge in [0, 0.05) is 10.8 Å². The number of allylic oxidation sites excluding steroid dienone is 4. The number of rotatable bonds is 2. The van der Waals surface area contributed by atoms with Gasteiger partial charge in [0.1, 0.15) is 11.5 Å². The van der Waals surface area contributed by atoms with E-state index in [1.165, 1.54) is 75.3 Å². The fraction of sp³-hybridized carbons (Fsp3) is 0.434. The van der Waals surface area contributed by atoms with Gasteiger partial charge < -0.3 is 10.2 Å². The molecule has 2 N–H and O–H groups in total. The SMILES string of the molecule is Oc1ccc(C2(c3ccc(O)cc3)C34C5=C6c7c8c9c%10c%11c%12c%13c%14c%15c(c%16c%13c%10c7C%1632)C2=C4C3CCC2C%15CCC%14C%12CCC%11C9CCC8C6CCC53)cc1. The molecule has 19 rings (SSSR count). The molecule has 5 aromatic carbocycles. The van der Waals surface area contributed by atoms with Crippen molar-refractivity contribution in [2.24, 2.45) is 29.1 Å². The van der Waals surface area contributed by atoms with Gasteiger partial charge in [-0.05, 0) is 258 Å². The highest BCUT2D eigenvalue weighted by atomic mass is 16.3. The molecular weight excluding hydrogens is 669 g/mol. The highest BCUT2D eigenvalue weighted by molar-refractivity contribution is 6.28. The number of fused-ring (bicyclic) bond motifs is 5. The van der Waals surface area contributed by atoms with Crippen molar-refractivity contribution in [1.29, 1.82) is 0 Å². The van der Waals surface area contributed by atoms with Crippen molar-refractivity contribution in [1.82, 2.24) is 0 Å². The van der Waals surface area contributed by atoms with E-state index < -0.39 is 0 Å². The van der Waals surface area contributed by atoms with E-state index in [-0.39, 0.29) is 16.2 Å². The van der Waals surface area contributed by atoms with Gasteiger partial charge in [0.05, 0.1) is 5.41 Å². The van der Waals surface area contributed by atoms with Crippen molar-refractivity contribution in [2.75, 3.05) is 0 Å². The van der Waals surface area contributed by atoms with E-state index in [1.807, 2.05) is 113 Å². The normalized spacial score (nSPS) is 42.5. The molecule has 0 radical (unpaired) electrons. The lowest BCUT2D eigenvalue weighted by molar-refractivity contribution is 0.296. The van der Waals surface area contributed by atoms with Crippen LogP contribution in [0.15, 0.2) is 59.7 Å². The van der Waals surface area contributed by atoms with Gasteiger partial charge in [-0.15, -0.1) is 0 Å². The first-order valence-corrected chi connectivity index (χ1v) is 22.5. The molecule has 2 nitrogen and oxygen atoms in total. The summed E-state index contributed by atoms with van der Waals surface area (Å²) in [7, 11) is 0. The Morgan fingerprint density at radius 1 is 0.345 bits per heavy atom. The summed E-state index contributed by atoms with van der Waals surface area (Å²) in [6, 6.07) is 17.5. The molecule has 14 aliphatic carbocycles. The highest BCUT2D eigenvalue weighted by Crippen LogP contribution is 3.01. The molecule has 5 aromatic rings. The van der Waals surface area contributed by atoms with E-state index in [0.29, 0.717) is 47.0 Å². The van der Waals surface area contributed by atoms with Crippen molar-refractivity contribution in [2.45, 2.75) is 111 Å². The van der Waals surface area contributed by atoms with Crippen molar-refractivity contribution in [3.8, 4) is 11.5 Å². The van der Waals surface area contributed by atoms with Crippen LogP contribution in [0.4, 0.5) is 0 Å². The minimum atomic E-state index is -0.319. The van der Waals surface area contributed by atoms with Gasteiger partial charge in [0.25, 0.3) is 0 Å². The van der Waals surface area contributed by atoms with Crippen LogP contribution in [0.25, 0.3) is 32.7 Å². The molecule has 2 spiro atoms. The zero-order valence-electron chi connectivity index (χ0n) is 30.9. The summed E-state index contributed by atoms with van der Waals surface area (Å²) >= 11 is 0. The average molecular weight is 709 g/mol. The molecule has 10 atom stereocenters. The molecule has 2 fully saturated rings. The quantitative estimate of drug-likeness (QED) is 0.179. The van der Waals surface area contributed by atoms with Crippen LogP contribution in [0, 0.1) is 29.1 Å². The van der Waals surface area contributed by atoms with E-state index in [2.05, 4.69) is 24.3 Å². The van der Waals surface area contributed by atoms with E-state index in [4.69, 9.17) is 0 Å². The molecule has 0 amide bonds. The first kappa shape index (κ1) is 26.5. The minimum absolute atomic E-state index is 0.103. The molecule has 0 aliphatic heterocycles. The first-order chi connectivity index (χ1) is 27.2. The molecular formula is C53H40O2. The first-order valence-electron chi connectivity index (χ1n) is 22.5. The lowest BCUT2D eigenvalue weighted by atomic mass is 9.62. The van der Waals surface area contributed by atoms with E-state index in [1.54, 1.807) is 10.8 Å². The maximum absolute atomic E-state index is 11.0. The number of aromatic hydroxyl groups is 2. The van der Waals surface area contributed by atoms with Crippen LogP contribution in [0.1, 0.15) is 166 Å². The fourth-order valence-electron chi connectivity index (χ4n) is 21.0. The van der Waals surface area contributed by atoms with Crippen molar-refractivity contribution in [3.05, 3.63) is 126 Å². The molecule has 2 heteroatoms. The predicted octanol–water partition coefficient (Wildman–Crippen LogP) is 11.5. The van der Waals surface area contributed by atoms with Crippen LogP contribution < -0.4 is 0 Å². The molecule has 0 saturated heterocycles. The van der Waals surface area contributed by atoms with Crippen LogP contribution in [-0.2, 0) is 10.8 Å². The number of phenolic OH excluding ortho intramolecular Hbond substituents is 2. The van der Waals surface area contributed by atoms with Crippen molar-refractivity contribution < 1.29 is 10.2 Å². The third kappa shape index (κ3) is 1.94. The van der Waals surface area contributed by atoms with Crippen LogP contribution >= 0.6 is 0 Å². The lowest BCUT2D eigenvalue weighted by Gasteiger charge is -2.40. The van der Waals surface area contributed by atoms with Gasteiger partial charge in [-0.3, -0.25) is 0 Å². The Labute approximate surface area is 319 Å². The monoisotopic (exact) mass is 708 g/mol. The van der Waals surface area contributed by atoms with E-state index >= 15 is 0 Å². The molecule has 10 unspecified atom stereocenters. The van der Waals surface area contributed by atoms with Gasteiger partial charge in [-0.25, -0.2) is 0 Å². The Hall–Kier alpha value is -4.30. The summed E-state index contributed by atoms with van der Waals surface area (Å²) in [5, 5.41) is 29.1. The Morgan fingerprint density at radius 2 is 0.691 bits per heavy atom. The molecule has 55 heavy (non-hydrogen) atoms.